The third-order valence-electron chi connectivity index (χ3n) is 2.75. The lowest BCUT2D eigenvalue weighted by atomic mass is 9.80. The molecule has 0 aromatic carbocycles. The van der Waals surface area contributed by atoms with Gasteiger partial charge in [0.05, 0.1) is 0 Å². The third-order valence-corrected chi connectivity index (χ3v) is 4.05. The Morgan fingerprint density at radius 2 is 2.30 bits per heavy atom. The largest absolute Gasteiger partial charge is 0.316 e. The maximum atomic E-state index is 3.50. The minimum absolute atomic E-state index is 0.725. The van der Waals surface area contributed by atoms with Crippen LogP contribution in [0.25, 0.3) is 0 Å². The highest BCUT2D eigenvalue weighted by atomic mass is 32.2. The molecular weight excluding hydrogens is 142 g/mol. The Labute approximate surface area is 67.0 Å². The van der Waals surface area contributed by atoms with E-state index < -0.39 is 0 Å². The summed E-state index contributed by atoms with van der Waals surface area (Å²) in [5, 5.41) is 3.50. The van der Waals surface area contributed by atoms with Crippen molar-refractivity contribution in [1.29, 1.82) is 0 Å². The van der Waals surface area contributed by atoms with Crippen molar-refractivity contribution in [3.63, 3.8) is 0 Å². The van der Waals surface area contributed by atoms with Crippen LogP contribution in [0.15, 0.2) is 0 Å². The molecule has 2 fully saturated rings. The molecule has 0 radical (unpaired) electrons. The van der Waals surface area contributed by atoms with Gasteiger partial charge in [-0.3, -0.25) is 0 Å². The normalized spacial score (nSPS) is 40.8. The van der Waals surface area contributed by atoms with E-state index in [0.29, 0.717) is 0 Å². The van der Waals surface area contributed by atoms with E-state index in [-0.39, 0.29) is 0 Å². The van der Waals surface area contributed by atoms with E-state index >= 15 is 0 Å². The van der Waals surface area contributed by atoms with Crippen LogP contribution in [0.2, 0.25) is 0 Å². The van der Waals surface area contributed by atoms with E-state index in [9.17, 15) is 0 Å². The highest BCUT2D eigenvalue weighted by molar-refractivity contribution is 7.99. The van der Waals surface area contributed by atoms with Gasteiger partial charge in [0.15, 0.2) is 0 Å². The molecule has 0 aromatic rings. The Hall–Kier alpha value is 0.310. The standard InChI is InChI=1S/C8H15NS/c1-2-8(6-9-4-1)3-5-10-7-8/h9H,1-7H2/t8-/m0/s1. The van der Waals surface area contributed by atoms with Crippen molar-refractivity contribution in [2.45, 2.75) is 19.3 Å². The molecule has 2 heteroatoms. The highest BCUT2D eigenvalue weighted by Gasteiger charge is 2.35. The topological polar surface area (TPSA) is 12.0 Å². The van der Waals surface area contributed by atoms with Crippen molar-refractivity contribution in [3.8, 4) is 0 Å². The second kappa shape index (κ2) is 2.74. The van der Waals surface area contributed by atoms with E-state index in [2.05, 4.69) is 17.1 Å². The predicted molar refractivity (Wildman–Crippen MR) is 46.5 cm³/mol. The van der Waals surface area contributed by atoms with Gasteiger partial charge in [0.2, 0.25) is 0 Å². The molecule has 2 aliphatic rings. The van der Waals surface area contributed by atoms with Crippen LogP contribution < -0.4 is 5.32 Å². The minimum atomic E-state index is 0.725. The first-order valence-electron chi connectivity index (χ1n) is 4.20. The summed E-state index contributed by atoms with van der Waals surface area (Å²) in [6.07, 6.45) is 4.35. The van der Waals surface area contributed by atoms with Gasteiger partial charge in [-0.1, -0.05) is 0 Å². The lowest BCUT2D eigenvalue weighted by Gasteiger charge is -2.32. The zero-order valence-corrected chi connectivity index (χ0v) is 7.17. The van der Waals surface area contributed by atoms with Gasteiger partial charge in [0, 0.05) is 12.3 Å². The lowest BCUT2D eigenvalue weighted by molar-refractivity contribution is 0.245. The molecule has 1 spiro atoms. The first-order valence-corrected chi connectivity index (χ1v) is 5.35. The Bertz CT molecular complexity index is 110. The summed E-state index contributed by atoms with van der Waals surface area (Å²) in [5.41, 5.74) is 0.725. The van der Waals surface area contributed by atoms with Gasteiger partial charge in [-0.2, -0.15) is 11.8 Å². The lowest BCUT2D eigenvalue weighted by Crippen LogP contribution is -2.39. The molecule has 1 atom stereocenters. The van der Waals surface area contributed by atoms with Crippen molar-refractivity contribution in [3.05, 3.63) is 0 Å². The Morgan fingerprint density at radius 3 is 2.90 bits per heavy atom. The summed E-state index contributed by atoms with van der Waals surface area (Å²) in [6, 6.07) is 0. The van der Waals surface area contributed by atoms with E-state index in [1.54, 1.807) is 0 Å². The van der Waals surface area contributed by atoms with Gasteiger partial charge < -0.3 is 5.32 Å². The molecule has 2 rings (SSSR count). The number of rotatable bonds is 0. The molecule has 58 valence electrons. The van der Waals surface area contributed by atoms with Crippen LogP contribution in [0.1, 0.15) is 19.3 Å². The van der Waals surface area contributed by atoms with Gasteiger partial charge >= 0.3 is 0 Å². The first-order chi connectivity index (χ1) is 4.91. The fraction of sp³-hybridized carbons (Fsp3) is 1.00. The second-order valence-corrected chi connectivity index (χ2v) is 4.69. The maximum Gasteiger partial charge on any atom is 0.00160 e. The SMILES string of the molecule is C1CNC[C@]2(C1)CCSC2. The number of piperidine rings is 1. The maximum absolute atomic E-state index is 3.50. The summed E-state index contributed by atoms with van der Waals surface area (Å²) in [6.45, 7) is 2.55. The molecular formula is C8H15NS. The molecule has 2 heterocycles. The fourth-order valence-electron chi connectivity index (χ4n) is 2.02. The average molecular weight is 157 g/mol. The zero-order chi connectivity index (χ0) is 6.86. The quantitative estimate of drug-likeness (QED) is 0.572. The third kappa shape index (κ3) is 1.19. The van der Waals surface area contributed by atoms with Crippen molar-refractivity contribution in [2.75, 3.05) is 24.6 Å². The van der Waals surface area contributed by atoms with Gasteiger partial charge in [0.25, 0.3) is 0 Å². The highest BCUT2D eigenvalue weighted by Crippen LogP contribution is 2.40. The molecule has 0 unspecified atom stereocenters. The Morgan fingerprint density at radius 1 is 1.30 bits per heavy atom. The van der Waals surface area contributed by atoms with Crippen LogP contribution in [0, 0.1) is 5.41 Å². The molecule has 0 aliphatic carbocycles. The molecule has 2 aliphatic heterocycles. The molecule has 0 bridgehead atoms. The van der Waals surface area contributed by atoms with Crippen LogP contribution in [-0.4, -0.2) is 24.6 Å². The summed E-state index contributed by atoms with van der Waals surface area (Å²) in [4.78, 5) is 0. The smallest absolute Gasteiger partial charge is 0.00160 e. The number of hydrogen-bond donors (Lipinski definition) is 1. The van der Waals surface area contributed by atoms with Gasteiger partial charge in [-0.25, -0.2) is 0 Å². The molecule has 1 nitrogen and oxygen atoms in total. The van der Waals surface area contributed by atoms with Crippen LogP contribution in [0.5, 0.6) is 0 Å². The number of thioether (sulfide) groups is 1. The monoisotopic (exact) mass is 157 g/mol. The Balaban J connectivity index is 1.98. The summed E-state index contributed by atoms with van der Waals surface area (Å²) < 4.78 is 0. The average Bonchev–Trinajstić information content (AvgIpc) is 2.39. The van der Waals surface area contributed by atoms with E-state index in [1.165, 1.54) is 43.9 Å². The Kier molecular flexibility index (Phi) is 1.92. The summed E-state index contributed by atoms with van der Waals surface area (Å²) in [5.74, 6) is 2.82. The second-order valence-electron chi connectivity index (χ2n) is 3.58. The van der Waals surface area contributed by atoms with Crippen LogP contribution >= 0.6 is 11.8 Å². The van der Waals surface area contributed by atoms with Crippen molar-refractivity contribution >= 4 is 11.8 Å². The predicted octanol–water partition coefficient (Wildman–Crippen LogP) is 1.49. The van der Waals surface area contributed by atoms with Crippen LogP contribution in [-0.2, 0) is 0 Å². The van der Waals surface area contributed by atoms with Gasteiger partial charge in [-0.15, -0.1) is 0 Å². The van der Waals surface area contributed by atoms with Crippen molar-refractivity contribution in [2.24, 2.45) is 5.41 Å². The van der Waals surface area contributed by atoms with Crippen LogP contribution in [0.4, 0.5) is 0 Å². The van der Waals surface area contributed by atoms with Gasteiger partial charge in [0.1, 0.15) is 0 Å². The van der Waals surface area contributed by atoms with Gasteiger partial charge in [-0.05, 0) is 37.0 Å². The first kappa shape index (κ1) is 6.99. The fourth-order valence-corrected chi connectivity index (χ4v) is 3.56. The molecule has 2 saturated heterocycles. The van der Waals surface area contributed by atoms with E-state index in [0.717, 1.165) is 5.41 Å². The molecule has 10 heavy (non-hydrogen) atoms. The number of hydrogen-bond acceptors (Lipinski definition) is 2. The molecule has 0 aromatic heterocycles. The van der Waals surface area contributed by atoms with E-state index in [1.807, 2.05) is 0 Å². The summed E-state index contributed by atoms with van der Waals surface area (Å²) >= 11 is 2.14. The van der Waals surface area contributed by atoms with Crippen molar-refractivity contribution in [1.82, 2.24) is 5.32 Å². The zero-order valence-electron chi connectivity index (χ0n) is 6.36. The number of nitrogens with one attached hydrogen (secondary N) is 1. The van der Waals surface area contributed by atoms with Crippen molar-refractivity contribution < 1.29 is 0 Å². The molecule has 1 N–H and O–H groups in total. The summed E-state index contributed by atoms with van der Waals surface area (Å²) in [7, 11) is 0. The molecule has 0 amide bonds. The molecule has 0 saturated carbocycles. The minimum Gasteiger partial charge on any atom is -0.316 e. The van der Waals surface area contributed by atoms with E-state index in [4.69, 9.17) is 0 Å². The van der Waals surface area contributed by atoms with Crippen LogP contribution in [0.3, 0.4) is 0 Å².